The number of thioether (sulfide) groups is 1. The topological polar surface area (TPSA) is 57.6 Å². The monoisotopic (exact) mass is 271 g/mol. The summed E-state index contributed by atoms with van der Waals surface area (Å²) in [5, 5.41) is 8.81. The van der Waals surface area contributed by atoms with Crippen LogP contribution in [-0.2, 0) is 9.59 Å². The molecule has 98 valence electrons. The van der Waals surface area contributed by atoms with Crippen LogP contribution in [0.4, 0.5) is 13.2 Å². The van der Waals surface area contributed by atoms with Crippen molar-refractivity contribution in [1.29, 1.82) is 0 Å². The van der Waals surface area contributed by atoms with Crippen LogP contribution in [0.25, 0.3) is 0 Å². The van der Waals surface area contributed by atoms with Gasteiger partial charge >= 0.3 is 12.1 Å². The van der Waals surface area contributed by atoms with Crippen LogP contribution in [0.15, 0.2) is 0 Å². The lowest BCUT2D eigenvalue weighted by molar-refractivity contribution is -0.147. The van der Waals surface area contributed by atoms with E-state index in [-0.39, 0.29) is 5.75 Å². The molecule has 1 rings (SSSR count). The molecule has 1 heterocycles. The highest BCUT2D eigenvalue weighted by atomic mass is 32.2. The smallest absolute Gasteiger partial charge is 0.397 e. The van der Waals surface area contributed by atoms with Gasteiger partial charge < -0.3 is 10.0 Å². The van der Waals surface area contributed by atoms with Gasteiger partial charge in [0.05, 0.1) is 11.5 Å². The average molecular weight is 271 g/mol. The Labute approximate surface area is 100 Å². The molecular formula is C9H12F3NO3S. The van der Waals surface area contributed by atoms with Gasteiger partial charge in [-0.3, -0.25) is 4.79 Å². The van der Waals surface area contributed by atoms with E-state index in [9.17, 15) is 22.8 Å². The number of alkyl halides is 3. The molecule has 1 aliphatic heterocycles. The Morgan fingerprint density at radius 2 is 2.06 bits per heavy atom. The van der Waals surface area contributed by atoms with E-state index in [0.717, 1.165) is 4.90 Å². The third kappa shape index (κ3) is 4.45. The molecule has 1 aliphatic rings. The first-order valence-corrected chi connectivity index (χ1v) is 6.13. The van der Waals surface area contributed by atoms with Crippen LogP contribution in [0.3, 0.4) is 0 Å². The number of carboxylic acids is 1. The second kappa shape index (κ2) is 5.61. The molecule has 1 saturated heterocycles. The zero-order chi connectivity index (χ0) is 13.1. The van der Waals surface area contributed by atoms with Crippen molar-refractivity contribution in [2.24, 2.45) is 0 Å². The third-order valence-electron chi connectivity index (χ3n) is 2.35. The Kier molecular flexibility index (Phi) is 4.67. The van der Waals surface area contributed by atoms with Crippen molar-refractivity contribution >= 4 is 23.6 Å². The summed E-state index contributed by atoms with van der Waals surface area (Å²) in [6, 6.07) is -0.881. The zero-order valence-corrected chi connectivity index (χ0v) is 9.68. The molecule has 17 heavy (non-hydrogen) atoms. The lowest BCUT2D eigenvalue weighted by atomic mass is 10.2. The van der Waals surface area contributed by atoms with Gasteiger partial charge in [-0.05, 0) is 12.8 Å². The minimum atomic E-state index is -4.30. The van der Waals surface area contributed by atoms with E-state index in [2.05, 4.69) is 0 Å². The summed E-state index contributed by atoms with van der Waals surface area (Å²) < 4.78 is 35.5. The number of nitrogens with zero attached hydrogens (tertiary/aromatic N) is 1. The minimum absolute atomic E-state index is 0.308. The van der Waals surface area contributed by atoms with Crippen LogP contribution in [0.5, 0.6) is 0 Å². The molecule has 0 saturated carbocycles. The van der Waals surface area contributed by atoms with E-state index in [1.165, 1.54) is 0 Å². The number of likely N-dealkylation sites (tertiary alicyclic amines) is 1. The highest BCUT2D eigenvalue weighted by molar-refractivity contribution is 8.00. The van der Waals surface area contributed by atoms with Crippen molar-refractivity contribution in [2.75, 3.05) is 18.1 Å². The van der Waals surface area contributed by atoms with Crippen molar-refractivity contribution in [1.82, 2.24) is 4.90 Å². The maximum atomic E-state index is 11.8. The van der Waals surface area contributed by atoms with Crippen LogP contribution in [0.1, 0.15) is 12.8 Å². The van der Waals surface area contributed by atoms with Gasteiger partial charge in [0.1, 0.15) is 6.04 Å². The number of hydrogen-bond acceptors (Lipinski definition) is 3. The third-order valence-corrected chi connectivity index (χ3v) is 3.33. The summed E-state index contributed by atoms with van der Waals surface area (Å²) in [6.45, 7) is 0.308. The standard InChI is InChI=1S/C9H12F3NO3S/c10-9(11,12)5-17-4-7(14)13-3-1-2-6(13)8(15)16/h6H,1-5H2,(H,15,16). The molecule has 0 aromatic carbocycles. The predicted octanol–water partition coefficient (Wildman–Crippen LogP) is 1.36. The maximum absolute atomic E-state index is 11.8. The largest absolute Gasteiger partial charge is 0.480 e. The number of carboxylic acid groups (broad SMARTS) is 1. The number of halogens is 3. The number of hydrogen-bond donors (Lipinski definition) is 1. The van der Waals surface area contributed by atoms with Crippen molar-refractivity contribution in [3.05, 3.63) is 0 Å². The predicted molar refractivity (Wildman–Crippen MR) is 55.8 cm³/mol. The molecule has 4 nitrogen and oxygen atoms in total. The maximum Gasteiger partial charge on any atom is 0.397 e. The van der Waals surface area contributed by atoms with Gasteiger partial charge in [0, 0.05) is 6.54 Å². The summed E-state index contributed by atoms with van der Waals surface area (Å²) in [5.74, 6) is -3.06. The van der Waals surface area contributed by atoms with Gasteiger partial charge in [0.25, 0.3) is 0 Å². The minimum Gasteiger partial charge on any atom is -0.480 e. The van der Waals surface area contributed by atoms with E-state index in [1.54, 1.807) is 0 Å². The normalized spacial score (nSPS) is 20.6. The fourth-order valence-corrected chi connectivity index (χ4v) is 2.33. The van der Waals surface area contributed by atoms with E-state index in [1.807, 2.05) is 0 Å². The number of carbonyl (C=O) groups excluding carboxylic acids is 1. The molecule has 1 atom stereocenters. The first-order valence-electron chi connectivity index (χ1n) is 4.98. The summed E-state index contributed by atoms with van der Waals surface area (Å²) in [5.41, 5.74) is 0. The Bertz CT molecular complexity index is 308. The quantitative estimate of drug-likeness (QED) is 0.838. The molecule has 0 aliphatic carbocycles. The molecule has 8 heteroatoms. The zero-order valence-electron chi connectivity index (χ0n) is 8.87. The molecule has 1 fully saturated rings. The fraction of sp³-hybridized carbons (Fsp3) is 0.778. The summed E-state index contributed by atoms with van der Waals surface area (Å²) in [4.78, 5) is 23.4. The highest BCUT2D eigenvalue weighted by Crippen LogP contribution is 2.23. The molecule has 1 N–H and O–H groups in total. The van der Waals surface area contributed by atoms with Gasteiger partial charge in [-0.2, -0.15) is 13.2 Å². The number of rotatable bonds is 4. The molecule has 0 aromatic rings. The average Bonchev–Trinajstić information content (AvgIpc) is 2.63. The van der Waals surface area contributed by atoms with E-state index in [0.29, 0.717) is 31.1 Å². The molecule has 1 unspecified atom stereocenters. The molecule has 0 radical (unpaired) electrons. The van der Waals surface area contributed by atoms with Crippen LogP contribution in [0, 0.1) is 0 Å². The van der Waals surface area contributed by atoms with Gasteiger partial charge in [-0.15, -0.1) is 11.8 Å². The number of aliphatic carboxylic acids is 1. The van der Waals surface area contributed by atoms with Crippen molar-refractivity contribution in [3.63, 3.8) is 0 Å². The van der Waals surface area contributed by atoms with E-state index >= 15 is 0 Å². The number of carbonyl (C=O) groups is 2. The summed E-state index contributed by atoms with van der Waals surface area (Å²) >= 11 is 0.460. The Morgan fingerprint density at radius 3 is 2.59 bits per heavy atom. The van der Waals surface area contributed by atoms with Gasteiger partial charge in [0.2, 0.25) is 5.91 Å². The lowest BCUT2D eigenvalue weighted by Gasteiger charge is -2.21. The molecule has 0 spiro atoms. The second-order valence-electron chi connectivity index (χ2n) is 3.69. The molecule has 1 amide bonds. The van der Waals surface area contributed by atoms with Crippen LogP contribution in [0.2, 0.25) is 0 Å². The molecule has 0 aromatic heterocycles. The second-order valence-corrected chi connectivity index (χ2v) is 4.68. The van der Waals surface area contributed by atoms with Gasteiger partial charge in [-0.1, -0.05) is 0 Å². The summed E-state index contributed by atoms with van der Waals surface area (Å²) in [7, 11) is 0. The van der Waals surface area contributed by atoms with Crippen molar-refractivity contribution in [3.8, 4) is 0 Å². The van der Waals surface area contributed by atoms with Gasteiger partial charge in [0.15, 0.2) is 0 Å². The first-order chi connectivity index (χ1) is 7.81. The number of amides is 1. The van der Waals surface area contributed by atoms with E-state index in [4.69, 9.17) is 5.11 Å². The lowest BCUT2D eigenvalue weighted by Crippen LogP contribution is -2.41. The Hall–Kier alpha value is -0.920. The van der Waals surface area contributed by atoms with Crippen molar-refractivity contribution in [2.45, 2.75) is 25.1 Å². The SMILES string of the molecule is O=C(O)C1CCCN1C(=O)CSCC(F)(F)F. The Balaban J connectivity index is 2.40. The van der Waals surface area contributed by atoms with Crippen LogP contribution in [-0.4, -0.2) is 52.2 Å². The highest BCUT2D eigenvalue weighted by Gasteiger charge is 2.34. The fourth-order valence-electron chi connectivity index (χ4n) is 1.66. The molecule has 0 bridgehead atoms. The van der Waals surface area contributed by atoms with E-state index < -0.39 is 29.8 Å². The van der Waals surface area contributed by atoms with Crippen LogP contribution < -0.4 is 0 Å². The van der Waals surface area contributed by atoms with Gasteiger partial charge in [-0.25, -0.2) is 4.79 Å². The van der Waals surface area contributed by atoms with Crippen molar-refractivity contribution < 1.29 is 27.9 Å². The summed E-state index contributed by atoms with van der Waals surface area (Å²) in [6.07, 6.45) is -3.36. The first kappa shape index (κ1) is 14.1. The molecular weight excluding hydrogens is 259 g/mol. The van der Waals surface area contributed by atoms with Crippen LogP contribution >= 0.6 is 11.8 Å². The Morgan fingerprint density at radius 1 is 1.41 bits per heavy atom.